The molecule has 0 aliphatic rings. The zero-order valence-electron chi connectivity index (χ0n) is 10.4. The summed E-state index contributed by atoms with van der Waals surface area (Å²) in [5.74, 6) is -0.874. The molecule has 0 radical (unpaired) electrons. The van der Waals surface area contributed by atoms with E-state index < -0.39 is 23.6 Å². The molecule has 1 aromatic heterocycles. The molecule has 2 rings (SSSR count). The average Bonchev–Trinajstić information content (AvgIpc) is 2.36. The predicted octanol–water partition coefficient (Wildman–Crippen LogP) is 2.99. The molecule has 2 aromatic rings. The van der Waals surface area contributed by atoms with Crippen LogP contribution < -0.4 is 5.73 Å². The van der Waals surface area contributed by atoms with Crippen LogP contribution in [0, 0.1) is 12.7 Å². The Hall–Kier alpha value is -2.02. The number of halogens is 4. The van der Waals surface area contributed by atoms with Gasteiger partial charge < -0.3 is 5.73 Å². The van der Waals surface area contributed by atoms with Crippen molar-refractivity contribution in [3.05, 3.63) is 58.9 Å². The van der Waals surface area contributed by atoms with Crippen molar-refractivity contribution >= 4 is 0 Å². The third-order valence-corrected chi connectivity index (χ3v) is 2.77. The second kappa shape index (κ2) is 5.16. The molecule has 0 saturated carbocycles. The van der Waals surface area contributed by atoms with E-state index in [1.54, 1.807) is 6.92 Å². The van der Waals surface area contributed by atoms with Gasteiger partial charge in [0.15, 0.2) is 0 Å². The Bertz CT molecular complexity index is 625. The maximum Gasteiger partial charge on any atom is 0.419 e. The fourth-order valence-corrected chi connectivity index (χ4v) is 1.77. The predicted molar refractivity (Wildman–Crippen MR) is 64.2 cm³/mol. The first kappa shape index (κ1) is 14.4. The molecule has 0 aliphatic heterocycles. The highest BCUT2D eigenvalue weighted by Gasteiger charge is 2.34. The molecule has 106 valence electrons. The fourth-order valence-electron chi connectivity index (χ4n) is 1.77. The number of nitrogens with zero attached hydrogens (tertiary/aromatic N) is 2. The van der Waals surface area contributed by atoms with Crippen LogP contribution in [-0.2, 0) is 6.18 Å². The van der Waals surface area contributed by atoms with Gasteiger partial charge in [0, 0.05) is 6.20 Å². The molecular formula is C13H11F4N3. The van der Waals surface area contributed by atoms with Gasteiger partial charge in [-0.15, -0.1) is 0 Å². The Morgan fingerprint density at radius 2 is 1.90 bits per heavy atom. The minimum atomic E-state index is -4.72. The van der Waals surface area contributed by atoms with E-state index in [4.69, 9.17) is 5.73 Å². The number of hydrogen-bond acceptors (Lipinski definition) is 3. The molecule has 0 spiro atoms. The summed E-state index contributed by atoms with van der Waals surface area (Å²) in [5, 5.41) is 0. The molecule has 1 unspecified atom stereocenters. The van der Waals surface area contributed by atoms with Crippen LogP contribution in [0.5, 0.6) is 0 Å². The molecule has 0 bridgehead atoms. The lowest BCUT2D eigenvalue weighted by Crippen LogP contribution is -2.16. The van der Waals surface area contributed by atoms with Crippen molar-refractivity contribution in [2.45, 2.75) is 19.1 Å². The van der Waals surface area contributed by atoms with E-state index >= 15 is 0 Å². The Balaban J connectivity index is 2.37. The van der Waals surface area contributed by atoms with Gasteiger partial charge in [-0.05, 0) is 30.7 Å². The van der Waals surface area contributed by atoms with Crippen molar-refractivity contribution in [2.24, 2.45) is 5.73 Å². The lowest BCUT2D eigenvalue weighted by Gasteiger charge is -2.14. The standard InChI is InChI=1S/C13H11F4N3/c1-7-19-5-4-11(20-7)12(18)8-2-3-9(10(14)6-8)13(15,16)17/h2-6,12H,18H2,1H3. The van der Waals surface area contributed by atoms with E-state index in [0.29, 0.717) is 17.6 Å². The molecule has 20 heavy (non-hydrogen) atoms. The number of nitrogens with two attached hydrogens (primary N) is 1. The average molecular weight is 285 g/mol. The summed E-state index contributed by atoms with van der Waals surface area (Å²) >= 11 is 0. The summed E-state index contributed by atoms with van der Waals surface area (Å²) in [4.78, 5) is 7.96. The highest BCUT2D eigenvalue weighted by atomic mass is 19.4. The Morgan fingerprint density at radius 1 is 1.20 bits per heavy atom. The minimum Gasteiger partial charge on any atom is -0.319 e. The van der Waals surface area contributed by atoms with Crippen molar-refractivity contribution in [3.63, 3.8) is 0 Å². The molecule has 7 heteroatoms. The summed E-state index contributed by atoms with van der Waals surface area (Å²) < 4.78 is 50.9. The van der Waals surface area contributed by atoms with E-state index in [1.165, 1.54) is 12.3 Å². The van der Waals surface area contributed by atoms with Gasteiger partial charge in [-0.3, -0.25) is 0 Å². The van der Waals surface area contributed by atoms with Crippen LogP contribution in [0.1, 0.15) is 28.7 Å². The monoisotopic (exact) mass is 285 g/mol. The summed E-state index contributed by atoms with van der Waals surface area (Å²) in [6, 6.07) is 3.33. The molecule has 0 saturated heterocycles. The number of aromatic nitrogens is 2. The molecule has 0 amide bonds. The van der Waals surface area contributed by atoms with Gasteiger partial charge in [0.25, 0.3) is 0 Å². The molecule has 2 N–H and O–H groups in total. The maximum atomic E-state index is 13.5. The van der Waals surface area contributed by atoms with E-state index in [1.807, 2.05) is 0 Å². The van der Waals surface area contributed by atoms with Gasteiger partial charge in [0.1, 0.15) is 11.6 Å². The smallest absolute Gasteiger partial charge is 0.319 e. The fraction of sp³-hybridized carbons (Fsp3) is 0.231. The van der Waals surface area contributed by atoms with Crippen LogP contribution in [-0.4, -0.2) is 9.97 Å². The van der Waals surface area contributed by atoms with Gasteiger partial charge in [-0.25, -0.2) is 14.4 Å². The number of hydrogen-bond donors (Lipinski definition) is 1. The lowest BCUT2D eigenvalue weighted by atomic mass is 10.0. The number of rotatable bonds is 2. The Morgan fingerprint density at radius 3 is 2.45 bits per heavy atom. The van der Waals surface area contributed by atoms with E-state index in [0.717, 1.165) is 12.1 Å². The number of alkyl halides is 3. The van der Waals surface area contributed by atoms with Crippen molar-refractivity contribution in [3.8, 4) is 0 Å². The lowest BCUT2D eigenvalue weighted by molar-refractivity contribution is -0.140. The van der Waals surface area contributed by atoms with Crippen LogP contribution in [0.2, 0.25) is 0 Å². The third-order valence-electron chi connectivity index (χ3n) is 2.77. The highest BCUT2D eigenvalue weighted by Crippen LogP contribution is 2.32. The molecular weight excluding hydrogens is 274 g/mol. The number of benzene rings is 1. The normalized spacial score (nSPS) is 13.3. The summed E-state index contributed by atoms with van der Waals surface area (Å²) in [5.41, 5.74) is 5.19. The second-order valence-corrected chi connectivity index (χ2v) is 4.24. The third kappa shape index (κ3) is 2.93. The van der Waals surface area contributed by atoms with Gasteiger partial charge in [-0.1, -0.05) is 6.07 Å². The van der Waals surface area contributed by atoms with Crippen LogP contribution in [0.25, 0.3) is 0 Å². The molecule has 1 heterocycles. The zero-order valence-corrected chi connectivity index (χ0v) is 10.4. The van der Waals surface area contributed by atoms with Crippen LogP contribution >= 0.6 is 0 Å². The van der Waals surface area contributed by atoms with Gasteiger partial charge in [-0.2, -0.15) is 13.2 Å². The summed E-state index contributed by atoms with van der Waals surface area (Å²) in [6.45, 7) is 1.66. The summed E-state index contributed by atoms with van der Waals surface area (Å²) in [7, 11) is 0. The first-order valence-corrected chi connectivity index (χ1v) is 5.71. The van der Waals surface area contributed by atoms with Crippen molar-refractivity contribution in [1.82, 2.24) is 9.97 Å². The minimum absolute atomic E-state index is 0.216. The van der Waals surface area contributed by atoms with Gasteiger partial charge in [0.2, 0.25) is 0 Å². The van der Waals surface area contributed by atoms with Crippen LogP contribution in [0.4, 0.5) is 17.6 Å². The van der Waals surface area contributed by atoms with Crippen molar-refractivity contribution < 1.29 is 17.6 Å². The highest BCUT2D eigenvalue weighted by molar-refractivity contribution is 5.32. The SMILES string of the molecule is Cc1nccc(C(N)c2ccc(C(F)(F)F)c(F)c2)n1. The topological polar surface area (TPSA) is 51.8 Å². The van der Waals surface area contributed by atoms with E-state index in [9.17, 15) is 17.6 Å². The molecule has 0 fully saturated rings. The quantitative estimate of drug-likeness (QED) is 0.863. The first-order valence-electron chi connectivity index (χ1n) is 5.71. The van der Waals surface area contributed by atoms with Gasteiger partial charge >= 0.3 is 6.18 Å². The molecule has 1 atom stereocenters. The number of aryl methyl sites for hydroxylation is 1. The van der Waals surface area contributed by atoms with E-state index in [2.05, 4.69) is 9.97 Å². The molecule has 0 aliphatic carbocycles. The second-order valence-electron chi connectivity index (χ2n) is 4.24. The van der Waals surface area contributed by atoms with E-state index in [-0.39, 0.29) is 5.56 Å². The van der Waals surface area contributed by atoms with Crippen LogP contribution in [0.15, 0.2) is 30.5 Å². The van der Waals surface area contributed by atoms with Gasteiger partial charge in [0.05, 0.1) is 17.3 Å². The maximum absolute atomic E-state index is 13.5. The first-order chi connectivity index (χ1) is 9.29. The Kier molecular flexibility index (Phi) is 3.71. The molecule has 3 nitrogen and oxygen atoms in total. The summed E-state index contributed by atoms with van der Waals surface area (Å²) in [6.07, 6.45) is -3.24. The zero-order chi connectivity index (χ0) is 14.9. The van der Waals surface area contributed by atoms with Crippen molar-refractivity contribution in [1.29, 1.82) is 0 Å². The largest absolute Gasteiger partial charge is 0.419 e. The molecule has 1 aromatic carbocycles. The van der Waals surface area contributed by atoms with Crippen LogP contribution in [0.3, 0.4) is 0 Å². The van der Waals surface area contributed by atoms with Crippen molar-refractivity contribution in [2.75, 3.05) is 0 Å². The Labute approximate surface area is 112 Å².